The fourth-order valence-corrected chi connectivity index (χ4v) is 3.81. The van der Waals surface area contributed by atoms with E-state index in [-0.39, 0.29) is 17.5 Å². The van der Waals surface area contributed by atoms with Gasteiger partial charge in [0.05, 0.1) is 23.4 Å². The number of hydrogen-bond donors (Lipinski definition) is 1. The summed E-state index contributed by atoms with van der Waals surface area (Å²) >= 11 is 1.57. The molecule has 0 saturated carbocycles. The number of fused-ring (bicyclic) bond motifs is 1. The Morgan fingerprint density at radius 1 is 1.28 bits per heavy atom. The summed E-state index contributed by atoms with van der Waals surface area (Å²) in [4.78, 5) is 18.9. The van der Waals surface area contributed by atoms with Crippen LogP contribution in [0.2, 0.25) is 0 Å². The molecule has 4 rings (SSSR count). The van der Waals surface area contributed by atoms with Gasteiger partial charge >= 0.3 is 0 Å². The van der Waals surface area contributed by atoms with Crippen molar-refractivity contribution >= 4 is 38.3 Å². The van der Waals surface area contributed by atoms with Crippen LogP contribution in [0.5, 0.6) is 5.75 Å². The molecule has 3 aromatic rings. The van der Waals surface area contributed by atoms with E-state index in [1.54, 1.807) is 36.6 Å². The Morgan fingerprint density at radius 3 is 2.84 bits per heavy atom. The van der Waals surface area contributed by atoms with Crippen LogP contribution >= 0.6 is 11.3 Å². The number of hydrogen-bond acceptors (Lipinski definition) is 5. The fourth-order valence-electron chi connectivity index (χ4n) is 2.81. The van der Waals surface area contributed by atoms with Crippen molar-refractivity contribution < 1.29 is 13.9 Å². The van der Waals surface area contributed by atoms with Crippen molar-refractivity contribution in [1.82, 2.24) is 4.98 Å². The number of ether oxygens (including phenoxy) is 1. The Morgan fingerprint density at radius 2 is 2.08 bits per heavy atom. The highest BCUT2D eigenvalue weighted by atomic mass is 32.1. The lowest BCUT2D eigenvalue weighted by Crippen LogP contribution is -2.52. The molecule has 5 nitrogen and oxygen atoms in total. The first-order chi connectivity index (χ1) is 12.2. The van der Waals surface area contributed by atoms with Gasteiger partial charge in [-0.25, -0.2) is 9.37 Å². The number of carbonyl (C=O) groups is 1. The summed E-state index contributed by atoms with van der Waals surface area (Å²) in [6.45, 7) is 1.14. The molecule has 0 radical (unpaired) electrons. The van der Waals surface area contributed by atoms with Crippen molar-refractivity contribution in [1.29, 1.82) is 0 Å². The van der Waals surface area contributed by atoms with E-state index >= 15 is 0 Å². The van der Waals surface area contributed by atoms with Gasteiger partial charge in [0.1, 0.15) is 17.1 Å². The molecule has 1 fully saturated rings. The van der Waals surface area contributed by atoms with E-state index in [9.17, 15) is 9.18 Å². The summed E-state index contributed by atoms with van der Waals surface area (Å²) < 4.78 is 20.0. The van der Waals surface area contributed by atoms with Crippen molar-refractivity contribution in [2.24, 2.45) is 5.92 Å². The van der Waals surface area contributed by atoms with Crippen molar-refractivity contribution in [2.45, 2.75) is 0 Å². The van der Waals surface area contributed by atoms with Crippen molar-refractivity contribution in [3.8, 4) is 5.75 Å². The van der Waals surface area contributed by atoms with E-state index in [0.29, 0.717) is 13.1 Å². The number of amides is 1. The van der Waals surface area contributed by atoms with Crippen LogP contribution in [-0.4, -0.2) is 31.1 Å². The van der Waals surface area contributed by atoms with E-state index in [4.69, 9.17) is 4.74 Å². The van der Waals surface area contributed by atoms with Crippen LogP contribution in [-0.2, 0) is 4.79 Å². The van der Waals surface area contributed by atoms with Gasteiger partial charge in [0, 0.05) is 13.1 Å². The van der Waals surface area contributed by atoms with Crippen LogP contribution < -0.4 is 15.0 Å². The van der Waals surface area contributed by atoms with Gasteiger partial charge in [-0.2, -0.15) is 0 Å². The third-order valence-electron chi connectivity index (χ3n) is 4.25. The molecule has 0 bridgehead atoms. The average Bonchev–Trinajstić information content (AvgIpc) is 2.99. The molecule has 25 heavy (non-hydrogen) atoms. The van der Waals surface area contributed by atoms with E-state index < -0.39 is 5.82 Å². The lowest BCUT2D eigenvalue weighted by molar-refractivity contribution is -0.120. The first kappa shape index (κ1) is 15.8. The first-order valence-electron chi connectivity index (χ1n) is 7.89. The summed E-state index contributed by atoms with van der Waals surface area (Å²) in [6, 6.07) is 12.0. The van der Waals surface area contributed by atoms with E-state index in [1.807, 2.05) is 18.2 Å². The minimum Gasteiger partial charge on any atom is -0.494 e. The number of para-hydroxylation sites is 2. The molecule has 2 heterocycles. The number of nitrogens with one attached hydrogen (secondary N) is 1. The molecule has 0 atom stereocenters. The predicted molar refractivity (Wildman–Crippen MR) is 96.9 cm³/mol. The smallest absolute Gasteiger partial charge is 0.231 e. The molecular weight excluding hydrogens is 341 g/mol. The zero-order valence-corrected chi connectivity index (χ0v) is 14.3. The summed E-state index contributed by atoms with van der Waals surface area (Å²) in [5.41, 5.74) is 1.06. The summed E-state index contributed by atoms with van der Waals surface area (Å²) in [5.74, 6) is -0.0202. The monoisotopic (exact) mass is 357 g/mol. The van der Waals surface area contributed by atoms with Gasteiger partial charge in [-0.1, -0.05) is 29.5 Å². The molecule has 1 saturated heterocycles. The van der Waals surface area contributed by atoms with E-state index in [1.165, 1.54) is 6.07 Å². The number of aromatic nitrogens is 1. The molecule has 1 amide bonds. The summed E-state index contributed by atoms with van der Waals surface area (Å²) in [7, 11) is 1.63. The second kappa shape index (κ2) is 6.33. The second-order valence-electron chi connectivity index (χ2n) is 5.87. The molecular formula is C18H16FN3O2S. The van der Waals surface area contributed by atoms with Gasteiger partial charge in [-0.05, 0) is 24.3 Å². The lowest BCUT2D eigenvalue weighted by atomic mass is 10.00. The van der Waals surface area contributed by atoms with Gasteiger partial charge in [0.2, 0.25) is 5.91 Å². The number of halogens is 1. The molecule has 128 valence electrons. The zero-order chi connectivity index (χ0) is 17.4. The minimum absolute atomic E-state index is 0.167. The maximum atomic E-state index is 13.6. The van der Waals surface area contributed by atoms with Gasteiger partial charge in [0.25, 0.3) is 0 Å². The highest BCUT2D eigenvalue weighted by molar-refractivity contribution is 7.22. The predicted octanol–water partition coefficient (Wildman–Crippen LogP) is 3.52. The largest absolute Gasteiger partial charge is 0.494 e. The topological polar surface area (TPSA) is 54.5 Å². The Balaban J connectivity index is 1.43. The number of nitrogens with zero attached hydrogens (tertiary/aromatic N) is 2. The minimum atomic E-state index is -0.426. The van der Waals surface area contributed by atoms with Crippen molar-refractivity contribution in [3.05, 3.63) is 48.3 Å². The van der Waals surface area contributed by atoms with Crippen LogP contribution in [0, 0.1) is 11.7 Å². The van der Waals surface area contributed by atoms with Gasteiger partial charge in [-0.15, -0.1) is 0 Å². The number of rotatable bonds is 4. The fraction of sp³-hybridized carbons (Fsp3) is 0.222. The highest BCUT2D eigenvalue weighted by Crippen LogP contribution is 2.36. The van der Waals surface area contributed by atoms with Crippen molar-refractivity contribution in [3.63, 3.8) is 0 Å². The SMILES string of the molecule is COc1cccc2sc(N3CC(C(=O)Nc4ccccc4F)C3)nc12. The van der Waals surface area contributed by atoms with Crippen LogP contribution in [0.3, 0.4) is 0 Å². The highest BCUT2D eigenvalue weighted by Gasteiger charge is 2.34. The molecule has 1 aliphatic rings. The number of benzene rings is 2. The quantitative estimate of drug-likeness (QED) is 0.776. The maximum Gasteiger partial charge on any atom is 0.231 e. The molecule has 1 aliphatic heterocycles. The molecule has 0 spiro atoms. The lowest BCUT2D eigenvalue weighted by Gasteiger charge is -2.37. The standard InChI is InChI=1S/C18H16FN3O2S/c1-24-14-7-4-8-15-16(14)21-18(25-15)22-9-11(10-22)17(23)20-13-6-3-2-5-12(13)19/h2-8,11H,9-10H2,1H3,(H,20,23). The normalized spacial score (nSPS) is 14.4. The number of thiazole rings is 1. The van der Waals surface area contributed by atoms with Crippen LogP contribution in [0.1, 0.15) is 0 Å². The molecule has 0 aliphatic carbocycles. The van der Waals surface area contributed by atoms with Crippen molar-refractivity contribution in [2.75, 3.05) is 30.4 Å². The zero-order valence-electron chi connectivity index (χ0n) is 13.5. The Bertz CT molecular complexity index is 937. The van der Waals surface area contributed by atoms with Gasteiger partial charge < -0.3 is 15.0 Å². The summed E-state index contributed by atoms with van der Waals surface area (Å²) in [5, 5.41) is 3.52. The number of methoxy groups -OCH3 is 1. The second-order valence-corrected chi connectivity index (χ2v) is 6.88. The Kier molecular flexibility index (Phi) is 4.01. The molecule has 1 aromatic heterocycles. The van der Waals surface area contributed by atoms with Crippen LogP contribution in [0.4, 0.5) is 15.2 Å². The Hall–Kier alpha value is -2.67. The number of anilines is 2. The van der Waals surface area contributed by atoms with Crippen LogP contribution in [0.15, 0.2) is 42.5 Å². The Labute approximate surface area is 148 Å². The maximum absolute atomic E-state index is 13.6. The molecule has 7 heteroatoms. The first-order valence-corrected chi connectivity index (χ1v) is 8.71. The molecule has 1 N–H and O–H groups in total. The van der Waals surface area contributed by atoms with Gasteiger partial charge in [-0.3, -0.25) is 4.79 Å². The molecule has 0 unspecified atom stereocenters. The third-order valence-corrected chi connectivity index (χ3v) is 5.33. The molecule has 2 aromatic carbocycles. The van der Waals surface area contributed by atoms with E-state index in [2.05, 4.69) is 15.2 Å². The average molecular weight is 357 g/mol. The van der Waals surface area contributed by atoms with E-state index in [0.717, 1.165) is 21.1 Å². The third kappa shape index (κ3) is 2.91. The van der Waals surface area contributed by atoms with Crippen LogP contribution in [0.25, 0.3) is 10.2 Å². The summed E-state index contributed by atoms with van der Waals surface area (Å²) in [6.07, 6.45) is 0. The van der Waals surface area contributed by atoms with Gasteiger partial charge in [0.15, 0.2) is 5.13 Å². The number of carbonyl (C=O) groups excluding carboxylic acids is 1.